The van der Waals surface area contributed by atoms with E-state index in [9.17, 15) is 4.79 Å². The van der Waals surface area contributed by atoms with E-state index < -0.39 is 0 Å². The molecular weight excluding hydrogens is 246 g/mol. The molecule has 1 heterocycles. The molecule has 0 radical (unpaired) electrons. The fourth-order valence-electron chi connectivity index (χ4n) is 2.91. The summed E-state index contributed by atoms with van der Waals surface area (Å²) < 4.78 is 0. The van der Waals surface area contributed by atoms with Crippen molar-refractivity contribution in [1.82, 2.24) is 4.90 Å². The first kappa shape index (κ1) is 15.1. The highest BCUT2D eigenvalue weighted by Gasteiger charge is 2.31. The van der Waals surface area contributed by atoms with Crippen LogP contribution in [0.5, 0.6) is 0 Å². The zero-order chi connectivity index (χ0) is 14.9. The summed E-state index contributed by atoms with van der Waals surface area (Å²) in [7, 11) is 0. The highest BCUT2D eigenvalue weighted by atomic mass is 16.2. The first-order chi connectivity index (χ1) is 9.30. The number of carbonyl (C=O) groups excluding carboxylic acids is 1. The number of rotatable bonds is 2. The van der Waals surface area contributed by atoms with Gasteiger partial charge in [-0.25, -0.2) is 0 Å². The van der Waals surface area contributed by atoms with Crippen molar-refractivity contribution >= 4 is 5.91 Å². The number of carbonyl (C=O) groups is 1. The van der Waals surface area contributed by atoms with E-state index in [0.29, 0.717) is 0 Å². The minimum Gasteiger partial charge on any atom is -0.335 e. The Morgan fingerprint density at radius 1 is 1.20 bits per heavy atom. The first-order valence-electron chi connectivity index (χ1n) is 7.71. The molecule has 1 aliphatic heterocycles. The Bertz CT molecular complexity index is 467. The summed E-state index contributed by atoms with van der Waals surface area (Å²) in [6.45, 7) is 11.6. The minimum atomic E-state index is 0.0875. The van der Waals surface area contributed by atoms with Crippen LogP contribution >= 0.6 is 0 Å². The number of hydrogen-bond donors (Lipinski definition) is 0. The normalized spacial score (nSPS) is 19.7. The van der Waals surface area contributed by atoms with Crippen LogP contribution in [0.25, 0.3) is 0 Å². The highest BCUT2D eigenvalue weighted by Crippen LogP contribution is 2.34. The maximum absolute atomic E-state index is 12.3. The molecule has 1 unspecified atom stereocenters. The van der Waals surface area contributed by atoms with Crippen LogP contribution in [0.15, 0.2) is 24.3 Å². The number of nitrogens with zero attached hydrogens (tertiary/aromatic N) is 1. The predicted octanol–water partition coefficient (Wildman–Crippen LogP) is 4.30. The number of benzene rings is 1. The summed E-state index contributed by atoms with van der Waals surface area (Å²) in [4.78, 5) is 14.3. The molecule has 2 rings (SSSR count). The Balaban J connectivity index is 2.20. The van der Waals surface area contributed by atoms with Gasteiger partial charge in [0, 0.05) is 12.5 Å². The monoisotopic (exact) mass is 273 g/mol. The topological polar surface area (TPSA) is 20.3 Å². The van der Waals surface area contributed by atoms with E-state index >= 15 is 0 Å². The SMILES string of the molecule is CC(C)C(=O)N1CCCC1c1ccc(C(C)(C)C)cc1. The van der Waals surface area contributed by atoms with Crippen LogP contribution < -0.4 is 0 Å². The summed E-state index contributed by atoms with van der Waals surface area (Å²) in [6, 6.07) is 9.12. The van der Waals surface area contributed by atoms with Crippen LogP contribution in [-0.2, 0) is 10.2 Å². The van der Waals surface area contributed by atoms with E-state index in [1.165, 1.54) is 11.1 Å². The number of hydrogen-bond acceptors (Lipinski definition) is 1. The Morgan fingerprint density at radius 2 is 1.80 bits per heavy atom. The molecule has 0 N–H and O–H groups in total. The van der Waals surface area contributed by atoms with Gasteiger partial charge in [-0.15, -0.1) is 0 Å². The van der Waals surface area contributed by atoms with Crippen molar-refractivity contribution in [1.29, 1.82) is 0 Å². The van der Waals surface area contributed by atoms with E-state index in [0.717, 1.165) is 19.4 Å². The Morgan fingerprint density at radius 3 is 2.30 bits per heavy atom. The van der Waals surface area contributed by atoms with Crippen molar-refractivity contribution in [2.75, 3.05) is 6.54 Å². The average molecular weight is 273 g/mol. The molecule has 1 atom stereocenters. The van der Waals surface area contributed by atoms with Gasteiger partial charge in [0.2, 0.25) is 5.91 Å². The molecule has 1 aromatic carbocycles. The van der Waals surface area contributed by atoms with Gasteiger partial charge in [-0.3, -0.25) is 4.79 Å². The second kappa shape index (κ2) is 5.59. The third-order valence-corrected chi connectivity index (χ3v) is 4.19. The van der Waals surface area contributed by atoms with Crippen LogP contribution in [0.3, 0.4) is 0 Å². The van der Waals surface area contributed by atoms with Crippen molar-refractivity contribution in [2.45, 2.75) is 58.9 Å². The molecule has 1 aromatic rings. The van der Waals surface area contributed by atoms with E-state index in [1.54, 1.807) is 0 Å². The second-order valence-electron chi connectivity index (χ2n) is 7.22. The maximum Gasteiger partial charge on any atom is 0.225 e. The highest BCUT2D eigenvalue weighted by molar-refractivity contribution is 5.78. The zero-order valence-electron chi connectivity index (χ0n) is 13.4. The van der Waals surface area contributed by atoms with Gasteiger partial charge < -0.3 is 4.90 Å². The molecule has 1 aliphatic rings. The average Bonchev–Trinajstić information content (AvgIpc) is 2.85. The van der Waals surface area contributed by atoms with Gasteiger partial charge in [-0.05, 0) is 29.4 Å². The van der Waals surface area contributed by atoms with E-state index in [1.807, 2.05) is 13.8 Å². The molecule has 0 bridgehead atoms. The first-order valence-corrected chi connectivity index (χ1v) is 7.71. The van der Waals surface area contributed by atoms with Crippen molar-refractivity contribution < 1.29 is 4.79 Å². The lowest BCUT2D eigenvalue weighted by atomic mass is 9.86. The molecule has 1 saturated heterocycles. The minimum absolute atomic E-state index is 0.0875. The van der Waals surface area contributed by atoms with Gasteiger partial charge in [0.1, 0.15) is 0 Å². The second-order valence-corrected chi connectivity index (χ2v) is 7.22. The fourth-order valence-corrected chi connectivity index (χ4v) is 2.91. The van der Waals surface area contributed by atoms with E-state index in [2.05, 4.69) is 49.9 Å². The molecule has 0 aromatic heterocycles. The van der Waals surface area contributed by atoms with Gasteiger partial charge in [0.15, 0.2) is 0 Å². The summed E-state index contributed by atoms with van der Waals surface area (Å²) in [6.07, 6.45) is 2.21. The largest absolute Gasteiger partial charge is 0.335 e. The van der Waals surface area contributed by atoms with Gasteiger partial charge in [-0.2, -0.15) is 0 Å². The molecule has 0 aliphatic carbocycles. The molecular formula is C18H27NO. The quantitative estimate of drug-likeness (QED) is 0.786. The Kier molecular flexibility index (Phi) is 4.22. The van der Waals surface area contributed by atoms with Gasteiger partial charge >= 0.3 is 0 Å². The third-order valence-electron chi connectivity index (χ3n) is 4.19. The zero-order valence-corrected chi connectivity index (χ0v) is 13.4. The molecule has 1 fully saturated rings. The number of amides is 1. The molecule has 1 amide bonds. The van der Waals surface area contributed by atoms with Crippen molar-refractivity contribution in [3.05, 3.63) is 35.4 Å². The van der Waals surface area contributed by atoms with E-state index in [-0.39, 0.29) is 23.3 Å². The maximum atomic E-state index is 12.3. The van der Waals surface area contributed by atoms with Gasteiger partial charge in [0.25, 0.3) is 0 Å². The predicted molar refractivity (Wildman–Crippen MR) is 83.7 cm³/mol. The van der Waals surface area contributed by atoms with Crippen molar-refractivity contribution in [2.24, 2.45) is 5.92 Å². The van der Waals surface area contributed by atoms with Crippen molar-refractivity contribution in [3.8, 4) is 0 Å². The van der Waals surface area contributed by atoms with Gasteiger partial charge in [0.05, 0.1) is 6.04 Å². The van der Waals surface area contributed by atoms with E-state index in [4.69, 9.17) is 0 Å². The van der Waals surface area contributed by atoms with Crippen LogP contribution in [-0.4, -0.2) is 17.4 Å². The lowest BCUT2D eigenvalue weighted by molar-refractivity contribution is -0.135. The Hall–Kier alpha value is -1.31. The van der Waals surface area contributed by atoms with Crippen LogP contribution in [0.1, 0.15) is 64.6 Å². The van der Waals surface area contributed by atoms with Crippen LogP contribution in [0.4, 0.5) is 0 Å². The lowest BCUT2D eigenvalue weighted by Crippen LogP contribution is -2.33. The summed E-state index contributed by atoms with van der Waals surface area (Å²) in [5, 5.41) is 0. The fraction of sp³-hybridized carbons (Fsp3) is 0.611. The third kappa shape index (κ3) is 3.05. The molecule has 2 heteroatoms. The van der Waals surface area contributed by atoms with Crippen LogP contribution in [0, 0.1) is 5.92 Å². The Labute approximate surface area is 123 Å². The number of likely N-dealkylation sites (tertiary alicyclic amines) is 1. The molecule has 110 valence electrons. The molecule has 0 spiro atoms. The molecule has 20 heavy (non-hydrogen) atoms. The summed E-state index contributed by atoms with van der Waals surface area (Å²) in [5.74, 6) is 0.372. The van der Waals surface area contributed by atoms with Gasteiger partial charge in [-0.1, -0.05) is 58.9 Å². The molecule has 2 nitrogen and oxygen atoms in total. The van der Waals surface area contributed by atoms with Crippen LogP contribution in [0.2, 0.25) is 0 Å². The smallest absolute Gasteiger partial charge is 0.225 e. The van der Waals surface area contributed by atoms with Crippen molar-refractivity contribution in [3.63, 3.8) is 0 Å². The standard InChI is InChI=1S/C18H27NO/c1-13(2)17(20)19-12-6-7-16(19)14-8-10-15(11-9-14)18(3,4)5/h8-11,13,16H,6-7,12H2,1-5H3. The summed E-state index contributed by atoms with van der Waals surface area (Å²) >= 11 is 0. The summed E-state index contributed by atoms with van der Waals surface area (Å²) in [5.41, 5.74) is 2.81. The lowest BCUT2D eigenvalue weighted by Gasteiger charge is -2.27. The molecule has 0 saturated carbocycles.